The van der Waals surface area contributed by atoms with Crippen LogP contribution >= 0.6 is 11.6 Å². The van der Waals surface area contributed by atoms with Crippen molar-refractivity contribution in [2.24, 2.45) is 10.7 Å². The Morgan fingerprint density at radius 3 is 3.12 bits per heavy atom. The fourth-order valence-corrected chi connectivity index (χ4v) is 1.70. The number of carbonyl (C=O) groups is 1. The van der Waals surface area contributed by atoms with E-state index in [-0.39, 0.29) is 11.9 Å². The van der Waals surface area contributed by atoms with Crippen molar-refractivity contribution in [3.8, 4) is 0 Å². The highest BCUT2D eigenvalue weighted by molar-refractivity contribution is 6.28. The highest BCUT2D eigenvalue weighted by Gasteiger charge is 2.18. The van der Waals surface area contributed by atoms with Gasteiger partial charge in [0.15, 0.2) is 0 Å². The maximum absolute atomic E-state index is 11.4. The summed E-state index contributed by atoms with van der Waals surface area (Å²) in [5.74, 6) is 0.577. The molecular formula is C11H13ClN4O. The molecule has 6 heteroatoms. The quantitative estimate of drug-likeness (QED) is 0.479. The van der Waals surface area contributed by atoms with Crippen LogP contribution in [0.15, 0.2) is 23.2 Å². The third-order valence-electron chi connectivity index (χ3n) is 2.49. The highest BCUT2D eigenvalue weighted by atomic mass is 35.5. The summed E-state index contributed by atoms with van der Waals surface area (Å²) >= 11 is 5.57. The fraction of sp³-hybridized carbons (Fsp3) is 0.273. The Kier molecular flexibility index (Phi) is 3.19. The second kappa shape index (κ2) is 4.63. The minimum atomic E-state index is -0.103. The number of hydrogen-bond donors (Lipinski definition) is 2. The van der Waals surface area contributed by atoms with Crippen molar-refractivity contribution in [2.45, 2.75) is 6.54 Å². The van der Waals surface area contributed by atoms with E-state index >= 15 is 0 Å². The molecule has 0 aliphatic carbocycles. The number of nitrogens with one attached hydrogen (secondary N) is 1. The van der Waals surface area contributed by atoms with Gasteiger partial charge in [0.25, 0.3) is 0 Å². The van der Waals surface area contributed by atoms with E-state index in [1.54, 1.807) is 18.0 Å². The Morgan fingerprint density at radius 2 is 2.41 bits per heavy atom. The van der Waals surface area contributed by atoms with Crippen LogP contribution < -0.4 is 11.1 Å². The van der Waals surface area contributed by atoms with Gasteiger partial charge in [0, 0.05) is 19.3 Å². The molecule has 0 saturated heterocycles. The molecule has 0 radical (unpaired) electrons. The number of carbonyl (C=O) groups excluding carboxylic acids is 1. The summed E-state index contributed by atoms with van der Waals surface area (Å²) in [6.45, 7) is 0.561. The van der Waals surface area contributed by atoms with Crippen LogP contribution in [0.4, 0.5) is 16.2 Å². The standard InChI is InChI=1S/C11H13ClN4O/c1-16-6-7-4-8(14-10(13)5-12)2-3-9(7)15-11(16)17/h2-4H,5-6H2,1H3,(H2,13,14)(H,15,17). The van der Waals surface area contributed by atoms with Gasteiger partial charge in [-0.05, 0) is 23.8 Å². The molecule has 1 aliphatic rings. The molecule has 1 aliphatic heterocycles. The second-order valence-corrected chi connectivity index (χ2v) is 4.13. The molecule has 3 N–H and O–H groups in total. The molecule has 0 unspecified atom stereocenters. The molecule has 2 rings (SSSR count). The van der Waals surface area contributed by atoms with Crippen molar-refractivity contribution in [1.29, 1.82) is 0 Å². The lowest BCUT2D eigenvalue weighted by molar-refractivity contribution is 0.218. The number of nitrogens with zero attached hydrogens (tertiary/aromatic N) is 2. The fourth-order valence-electron chi connectivity index (χ4n) is 1.64. The molecule has 0 atom stereocenters. The Labute approximate surface area is 104 Å². The average Bonchev–Trinajstić information content (AvgIpc) is 2.31. The zero-order valence-electron chi connectivity index (χ0n) is 9.40. The summed E-state index contributed by atoms with van der Waals surface area (Å²) in [7, 11) is 1.74. The van der Waals surface area contributed by atoms with E-state index in [9.17, 15) is 4.79 Å². The van der Waals surface area contributed by atoms with Crippen LogP contribution in [-0.2, 0) is 6.54 Å². The smallest absolute Gasteiger partial charge is 0.321 e. The lowest BCUT2D eigenvalue weighted by Crippen LogP contribution is -2.35. The van der Waals surface area contributed by atoms with Gasteiger partial charge >= 0.3 is 6.03 Å². The summed E-state index contributed by atoms with van der Waals surface area (Å²) in [6.07, 6.45) is 0. The predicted octanol–water partition coefficient (Wildman–Crippen LogP) is 1.89. The third kappa shape index (κ3) is 2.50. The van der Waals surface area contributed by atoms with Crippen molar-refractivity contribution < 1.29 is 4.79 Å². The topological polar surface area (TPSA) is 70.7 Å². The number of nitrogens with two attached hydrogens (primary N) is 1. The predicted molar refractivity (Wildman–Crippen MR) is 68.9 cm³/mol. The Bertz CT molecular complexity index is 486. The number of fused-ring (bicyclic) bond motifs is 1. The molecule has 2 amide bonds. The minimum Gasteiger partial charge on any atom is -0.386 e. The number of anilines is 1. The first-order chi connectivity index (χ1) is 8.10. The molecule has 0 bridgehead atoms. The number of alkyl halides is 1. The highest BCUT2D eigenvalue weighted by Crippen LogP contribution is 2.26. The van der Waals surface area contributed by atoms with E-state index in [1.807, 2.05) is 12.1 Å². The van der Waals surface area contributed by atoms with Gasteiger partial charge in [0.2, 0.25) is 0 Å². The first-order valence-electron chi connectivity index (χ1n) is 5.14. The molecule has 1 aromatic rings. The van der Waals surface area contributed by atoms with Gasteiger partial charge in [-0.1, -0.05) is 0 Å². The minimum absolute atomic E-state index is 0.103. The number of urea groups is 1. The molecule has 5 nitrogen and oxygen atoms in total. The zero-order chi connectivity index (χ0) is 12.4. The van der Waals surface area contributed by atoms with E-state index < -0.39 is 0 Å². The van der Waals surface area contributed by atoms with Crippen LogP contribution in [0, 0.1) is 0 Å². The van der Waals surface area contributed by atoms with Gasteiger partial charge < -0.3 is 16.0 Å². The molecule has 17 heavy (non-hydrogen) atoms. The van der Waals surface area contributed by atoms with Crippen LogP contribution in [0.25, 0.3) is 0 Å². The Hall–Kier alpha value is -1.75. The zero-order valence-corrected chi connectivity index (χ0v) is 10.2. The number of halogens is 1. The van der Waals surface area contributed by atoms with Crippen molar-refractivity contribution in [2.75, 3.05) is 18.2 Å². The van der Waals surface area contributed by atoms with Gasteiger partial charge in [0.05, 0.1) is 11.6 Å². The summed E-state index contributed by atoms with van der Waals surface area (Å²) in [6, 6.07) is 5.41. The lowest BCUT2D eigenvalue weighted by Gasteiger charge is -2.25. The van der Waals surface area contributed by atoms with Gasteiger partial charge in [0.1, 0.15) is 5.84 Å². The van der Waals surface area contributed by atoms with Gasteiger partial charge in [-0.25, -0.2) is 9.79 Å². The normalized spacial score (nSPS) is 15.5. The van der Waals surface area contributed by atoms with Crippen LogP contribution in [0.2, 0.25) is 0 Å². The number of amidine groups is 1. The van der Waals surface area contributed by atoms with E-state index in [0.717, 1.165) is 16.9 Å². The molecule has 90 valence electrons. The van der Waals surface area contributed by atoms with Gasteiger partial charge in [-0.2, -0.15) is 0 Å². The maximum Gasteiger partial charge on any atom is 0.321 e. The third-order valence-corrected chi connectivity index (χ3v) is 2.77. The first kappa shape index (κ1) is 11.7. The molecule has 1 aromatic carbocycles. The molecule has 1 heterocycles. The number of benzene rings is 1. The Balaban J connectivity index is 2.32. The first-order valence-corrected chi connectivity index (χ1v) is 5.67. The Morgan fingerprint density at radius 1 is 1.65 bits per heavy atom. The summed E-state index contributed by atoms with van der Waals surface area (Å²) < 4.78 is 0. The average molecular weight is 253 g/mol. The van der Waals surface area contributed by atoms with Crippen molar-refractivity contribution in [1.82, 2.24) is 4.90 Å². The molecular weight excluding hydrogens is 240 g/mol. The number of amides is 2. The van der Waals surface area contributed by atoms with Crippen LogP contribution in [0.5, 0.6) is 0 Å². The lowest BCUT2D eigenvalue weighted by atomic mass is 10.1. The molecule has 0 spiro atoms. The van der Waals surface area contributed by atoms with E-state index in [1.165, 1.54) is 0 Å². The van der Waals surface area contributed by atoms with Crippen LogP contribution in [0.1, 0.15) is 5.56 Å². The van der Waals surface area contributed by atoms with Crippen LogP contribution in [-0.4, -0.2) is 29.7 Å². The molecule has 0 saturated carbocycles. The monoisotopic (exact) mass is 252 g/mol. The molecule has 0 aromatic heterocycles. The van der Waals surface area contributed by atoms with Gasteiger partial charge in [-0.3, -0.25) is 0 Å². The summed E-state index contributed by atoms with van der Waals surface area (Å²) in [5.41, 5.74) is 8.14. The SMILES string of the molecule is CN1Cc2cc(N=C(N)CCl)ccc2NC1=O. The number of rotatable bonds is 2. The van der Waals surface area contributed by atoms with Crippen molar-refractivity contribution in [3.63, 3.8) is 0 Å². The van der Waals surface area contributed by atoms with Crippen molar-refractivity contribution in [3.05, 3.63) is 23.8 Å². The molecule has 0 fully saturated rings. The van der Waals surface area contributed by atoms with Gasteiger partial charge in [-0.15, -0.1) is 11.6 Å². The van der Waals surface area contributed by atoms with Crippen molar-refractivity contribution >= 4 is 34.8 Å². The van der Waals surface area contributed by atoms with E-state index in [2.05, 4.69) is 10.3 Å². The van der Waals surface area contributed by atoms with Crippen LogP contribution in [0.3, 0.4) is 0 Å². The largest absolute Gasteiger partial charge is 0.386 e. The number of hydrogen-bond acceptors (Lipinski definition) is 2. The van der Waals surface area contributed by atoms with E-state index in [4.69, 9.17) is 17.3 Å². The summed E-state index contributed by atoms with van der Waals surface area (Å²) in [5, 5.41) is 2.79. The maximum atomic E-state index is 11.4. The number of aliphatic imine (C=N–C) groups is 1. The van der Waals surface area contributed by atoms with E-state index in [0.29, 0.717) is 12.4 Å². The summed E-state index contributed by atoms with van der Waals surface area (Å²) in [4.78, 5) is 17.2. The second-order valence-electron chi connectivity index (χ2n) is 3.86.